The lowest BCUT2D eigenvalue weighted by Gasteiger charge is -2.42. The summed E-state index contributed by atoms with van der Waals surface area (Å²) in [5, 5.41) is 1.91. The highest BCUT2D eigenvalue weighted by Gasteiger charge is 2.33. The summed E-state index contributed by atoms with van der Waals surface area (Å²) >= 11 is 0. The van der Waals surface area contributed by atoms with E-state index in [4.69, 9.17) is 5.73 Å². The number of amides is 1. The van der Waals surface area contributed by atoms with Crippen LogP contribution in [0.4, 0.5) is 13.2 Å². The summed E-state index contributed by atoms with van der Waals surface area (Å²) in [6, 6.07) is 0. The number of carbonyl (C=O) groups excluding carboxylic acids is 1. The van der Waals surface area contributed by atoms with E-state index in [1.54, 1.807) is 0 Å². The van der Waals surface area contributed by atoms with E-state index < -0.39 is 18.6 Å². The molecular weight excluding hydrogens is 271 g/mol. The van der Waals surface area contributed by atoms with Gasteiger partial charge in [-0.05, 0) is 25.8 Å². The number of carbonyl (C=O) groups is 1. The van der Waals surface area contributed by atoms with Gasteiger partial charge in [0.1, 0.15) is 6.54 Å². The maximum atomic E-state index is 12.1. The van der Waals surface area contributed by atoms with Crippen molar-refractivity contribution in [2.75, 3.05) is 26.2 Å². The van der Waals surface area contributed by atoms with Gasteiger partial charge >= 0.3 is 6.18 Å². The van der Waals surface area contributed by atoms with Gasteiger partial charge in [0.15, 0.2) is 0 Å². The number of hydrogen-bond acceptors (Lipinski definition) is 3. The van der Waals surface area contributed by atoms with E-state index in [2.05, 4.69) is 0 Å². The van der Waals surface area contributed by atoms with E-state index >= 15 is 0 Å². The second-order valence-electron chi connectivity index (χ2n) is 4.95. The quantitative estimate of drug-likeness (QED) is 0.683. The predicted molar refractivity (Wildman–Crippen MR) is 73.3 cm³/mol. The third-order valence-corrected chi connectivity index (χ3v) is 3.68. The minimum Gasteiger partial charge on any atom is -0.346 e. The Morgan fingerprint density at radius 3 is 2.10 bits per heavy atom. The topological polar surface area (TPSA) is 58.4 Å². The Kier molecular flexibility index (Phi) is 8.12. The molecule has 0 fully saturated rings. The Hall–Kier alpha value is -0.820. The van der Waals surface area contributed by atoms with Gasteiger partial charge in [0.2, 0.25) is 5.91 Å². The van der Waals surface area contributed by atoms with Gasteiger partial charge in [0, 0.05) is 12.1 Å². The first-order valence-electron chi connectivity index (χ1n) is 7.03. The summed E-state index contributed by atoms with van der Waals surface area (Å²) < 4.78 is 36.3. The number of nitrogens with zero attached hydrogens (tertiary/aromatic N) is 1. The van der Waals surface area contributed by atoms with Crippen molar-refractivity contribution in [3.8, 4) is 0 Å². The molecule has 0 rings (SSSR count). The van der Waals surface area contributed by atoms with Crippen LogP contribution in [0.1, 0.15) is 40.0 Å². The first-order valence-corrected chi connectivity index (χ1v) is 7.03. The zero-order valence-corrected chi connectivity index (χ0v) is 12.5. The fourth-order valence-corrected chi connectivity index (χ4v) is 2.30. The summed E-state index contributed by atoms with van der Waals surface area (Å²) in [7, 11) is 0. The van der Waals surface area contributed by atoms with Crippen molar-refractivity contribution >= 4 is 5.91 Å². The van der Waals surface area contributed by atoms with Crippen LogP contribution in [0, 0.1) is 0 Å². The van der Waals surface area contributed by atoms with Crippen molar-refractivity contribution in [2.24, 2.45) is 5.73 Å². The van der Waals surface area contributed by atoms with Crippen LogP contribution in [-0.2, 0) is 4.79 Å². The molecule has 4 nitrogen and oxygen atoms in total. The zero-order valence-electron chi connectivity index (χ0n) is 12.5. The highest BCUT2D eigenvalue weighted by atomic mass is 19.4. The summed E-state index contributed by atoms with van der Waals surface area (Å²) in [6.07, 6.45) is -2.06. The van der Waals surface area contributed by atoms with Crippen molar-refractivity contribution in [1.82, 2.24) is 10.2 Å². The van der Waals surface area contributed by atoms with E-state index in [1.165, 1.54) is 0 Å². The van der Waals surface area contributed by atoms with Gasteiger partial charge in [-0.3, -0.25) is 9.69 Å². The molecule has 0 heterocycles. The number of halogens is 3. The van der Waals surface area contributed by atoms with Crippen molar-refractivity contribution in [3.05, 3.63) is 0 Å². The molecule has 0 aromatic heterocycles. The molecule has 0 spiro atoms. The number of alkyl halides is 3. The summed E-state index contributed by atoms with van der Waals surface area (Å²) in [5.41, 5.74) is 5.50. The Balaban J connectivity index is 4.72. The third-order valence-electron chi connectivity index (χ3n) is 3.68. The minimum absolute atomic E-state index is 0.0528. The van der Waals surface area contributed by atoms with E-state index in [0.29, 0.717) is 13.1 Å². The second kappa shape index (κ2) is 8.46. The lowest BCUT2D eigenvalue weighted by atomic mass is 9.90. The smallest absolute Gasteiger partial charge is 0.346 e. The fraction of sp³-hybridized carbons (Fsp3) is 0.923. The minimum atomic E-state index is -4.38. The molecule has 0 aliphatic heterocycles. The van der Waals surface area contributed by atoms with E-state index in [0.717, 1.165) is 19.3 Å². The molecule has 0 aliphatic rings. The van der Waals surface area contributed by atoms with Crippen LogP contribution in [0.5, 0.6) is 0 Å². The second-order valence-corrected chi connectivity index (χ2v) is 4.95. The van der Waals surface area contributed by atoms with Gasteiger partial charge in [-0.25, -0.2) is 0 Å². The van der Waals surface area contributed by atoms with Crippen molar-refractivity contribution in [3.63, 3.8) is 0 Å². The van der Waals surface area contributed by atoms with Gasteiger partial charge < -0.3 is 11.1 Å². The largest absolute Gasteiger partial charge is 0.405 e. The molecule has 3 N–H and O–H groups in total. The third kappa shape index (κ3) is 6.09. The molecule has 0 unspecified atom stereocenters. The summed E-state index contributed by atoms with van der Waals surface area (Å²) in [5.74, 6) is -0.615. The van der Waals surface area contributed by atoms with Crippen LogP contribution in [0.25, 0.3) is 0 Å². The van der Waals surface area contributed by atoms with Crippen LogP contribution < -0.4 is 11.1 Å². The Morgan fingerprint density at radius 1 is 1.20 bits per heavy atom. The molecule has 7 heteroatoms. The highest BCUT2D eigenvalue weighted by molar-refractivity contribution is 5.78. The first-order chi connectivity index (χ1) is 9.24. The lowest BCUT2D eigenvalue weighted by molar-refractivity contribution is -0.140. The molecule has 0 aromatic rings. The molecule has 120 valence electrons. The SMILES string of the molecule is CCCN(CC(=O)NCC(F)(F)F)C(CC)(CC)CN. The van der Waals surface area contributed by atoms with Crippen molar-refractivity contribution < 1.29 is 18.0 Å². The van der Waals surface area contributed by atoms with Gasteiger partial charge in [0.05, 0.1) is 6.54 Å². The first kappa shape index (κ1) is 19.2. The lowest BCUT2D eigenvalue weighted by Crippen LogP contribution is -2.56. The molecule has 0 aromatic carbocycles. The number of rotatable bonds is 9. The van der Waals surface area contributed by atoms with E-state index in [-0.39, 0.29) is 12.1 Å². The average Bonchev–Trinajstić information content (AvgIpc) is 2.38. The van der Waals surface area contributed by atoms with Crippen LogP contribution in [0.3, 0.4) is 0 Å². The highest BCUT2D eigenvalue weighted by Crippen LogP contribution is 2.23. The molecule has 0 saturated heterocycles. The van der Waals surface area contributed by atoms with Crippen LogP contribution in [0.15, 0.2) is 0 Å². The Bertz CT molecular complexity index is 283. The maximum Gasteiger partial charge on any atom is 0.405 e. The van der Waals surface area contributed by atoms with Gasteiger partial charge in [0.25, 0.3) is 0 Å². The molecule has 0 radical (unpaired) electrons. The molecule has 20 heavy (non-hydrogen) atoms. The normalized spacial score (nSPS) is 12.8. The molecule has 0 bridgehead atoms. The van der Waals surface area contributed by atoms with Gasteiger partial charge in [-0.15, -0.1) is 0 Å². The predicted octanol–water partition coefficient (Wildman–Crippen LogP) is 1.89. The van der Waals surface area contributed by atoms with Crippen LogP contribution in [0.2, 0.25) is 0 Å². The van der Waals surface area contributed by atoms with E-state index in [1.807, 2.05) is 31.0 Å². The number of nitrogens with one attached hydrogen (secondary N) is 1. The van der Waals surface area contributed by atoms with E-state index in [9.17, 15) is 18.0 Å². The van der Waals surface area contributed by atoms with Gasteiger partial charge in [-0.2, -0.15) is 13.2 Å². The maximum absolute atomic E-state index is 12.1. The van der Waals surface area contributed by atoms with Crippen LogP contribution in [-0.4, -0.2) is 48.7 Å². The van der Waals surface area contributed by atoms with Crippen molar-refractivity contribution in [2.45, 2.75) is 51.7 Å². The standard InChI is InChI=1S/C13H26F3N3O/c1-4-7-19(12(5-2,6-3)9-17)8-11(20)18-10-13(14,15)16/h4-10,17H2,1-3H3,(H,18,20). The van der Waals surface area contributed by atoms with Gasteiger partial charge in [-0.1, -0.05) is 20.8 Å². The summed E-state index contributed by atoms with van der Waals surface area (Å²) in [4.78, 5) is 13.6. The fourth-order valence-electron chi connectivity index (χ4n) is 2.30. The summed E-state index contributed by atoms with van der Waals surface area (Å²) in [6.45, 7) is 5.60. The Labute approximate surface area is 118 Å². The van der Waals surface area contributed by atoms with Crippen molar-refractivity contribution in [1.29, 1.82) is 0 Å². The molecule has 1 amide bonds. The van der Waals surface area contributed by atoms with Crippen LogP contribution >= 0.6 is 0 Å². The monoisotopic (exact) mass is 297 g/mol. The number of hydrogen-bond donors (Lipinski definition) is 2. The average molecular weight is 297 g/mol. The Morgan fingerprint density at radius 2 is 1.75 bits per heavy atom. The molecule has 0 saturated carbocycles. The zero-order chi connectivity index (χ0) is 15.8. The number of nitrogens with two attached hydrogens (primary N) is 1. The molecular formula is C13H26F3N3O. The molecule has 0 atom stereocenters. The molecule has 0 aliphatic carbocycles.